The minimum atomic E-state index is -2.54. The fourth-order valence-electron chi connectivity index (χ4n) is 1.08. The van der Waals surface area contributed by atoms with E-state index in [0.717, 1.165) is 6.20 Å². The number of carbonyl (C=O) groups is 1. The number of esters is 1. The molecule has 0 bridgehead atoms. The second kappa shape index (κ2) is 6.07. The van der Waals surface area contributed by atoms with Crippen LogP contribution in [0.2, 0.25) is 0 Å². The van der Waals surface area contributed by atoms with Crippen molar-refractivity contribution in [2.45, 2.75) is 19.8 Å². The highest BCUT2D eigenvalue weighted by Crippen LogP contribution is 2.21. The Labute approximate surface area is 105 Å². The molecule has 0 spiro atoms. The van der Waals surface area contributed by atoms with Crippen LogP contribution in [0.4, 0.5) is 8.78 Å². The van der Waals surface area contributed by atoms with Gasteiger partial charge in [0.15, 0.2) is 0 Å². The van der Waals surface area contributed by atoms with Crippen molar-refractivity contribution in [1.29, 1.82) is 0 Å². The van der Waals surface area contributed by atoms with Gasteiger partial charge in [0.1, 0.15) is 0 Å². The van der Waals surface area contributed by atoms with Gasteiger partial charge in [-0.15, -0.1) is 0 Å². The summed E-state index contributed by atoms with van der Waals surface area (Å²) in [6, 6.07) is 1.33. The quantitative estimate of drug-likeness (QED) is 0.625. The van der Waals surface area contributed by atoms with Crippen LogP contribution in [-0.4, -0.2) is 17.6 Å². The first-order chi connectivity index (χ1) is 7.54. The van der Waals surface area contributed by atoms with Crippen molar-refractivity contribution in [3.8, 4) is 0 Å². The molecule has 0 fully saturated rings. The number of carbonyl (C=O) groups excluding carboxylic acids is 1. The van der Waals surface area contributed by atoms with Gasteiger partial charge in [-0.25, -0.2) is 8.78 Å². The Hall–Kier alpha value is -0.790. The van der Waals surface area contributed by atoms with Gasteiger partial charge in [-0.05, 0) is 35.6 Å². The van der Waals surface area contributed by atoms with Crippen molar-refractivity contribution in [3.63, 3.8) is 0 Å². The number of nitrogens with zero attached hydrogens (tertiary/aromatic N) is 1. The van der Waals surface area contributed by atoms with Gasteiger partial charge in [-0.3, -0.25) is 9.78 Å². The van der Waals surface area contributed by atoms with Crippen LogP contribution in [0.3, 0.4) is 0 Å². The molecule has 0 N–H and O–H groups in total. The van der Waals surface area contributed by atoms with Gasteiger partial charge in [-0.2, -0.15) is 0 Å². The highest BCUT2D eigenvalue weighted by atomic mass is 127. The van der Waals surface area contributed by atoms with Gasteiger partial charge in [0, 0.05) is 15.3 Å². The Bertz CT molecular complexity index is 385. The lowest BCUT2D eigenvalue weighted by Crippen LogP contribution is -2.10. The summed E-state index contributed by atoms with van der Waals surface area (Å²) >= 11 is 1.88. The minimum Gasteiger partial charge on any atom is -0.466 e. The first kappa shape index (κ1) is 13.3. The molecule has 6 heteroatoms. The van der Waals surface area contributed by atoms with E-state index in [1.54, 1.807) is 6.92 Å². The standard InChI is InChI=1S/C10H10F2INO2/c1-2-16-9(15)4-8-7(13)3-6(5-14-8)10(11)12/h3,5,10H,2,4H2,1H3. The van der Waals surface area contributed by atoms with Gasteiger partial charge in [-0.1, -0.05) is 0 Å². The van der Waals surface area contributed by atoms with E-state index in [4.69, 9.17) is 4.74 Å². The summed E-state index contributed by atoms with van der Waals surface area (Å²) in [6.07, 6.45) is -1.45. The predicted octanol–water partition coefficient (Wildman–Crippen LogP) is 2.73. The molecule has 0 atom stereocenters. The van der Waals surface area contributed by atoms with Crippen molar-refractivity contribution in [1.82, 2.24) is 4.98 Å². The van der Waals surface area contributed by atoms with E-state index >= 15 is 0 Å². The average Bonchev–Trinajstić information content (AvgIpc) is 2.21. The number of hydrogen-bond donors (Lipinski definition) is 0. The van der Waals surface area contributed by atoms with E-state index in [9.17, 15) is 13.6 Å². The largest absolute Gasteiger partial charge is 0.466 e. The third kappa shape index (κ3) is 3.66. The van der Waals surface area contributed by atoms with Gasteiger partial charge in [0.2, 0.25) is 0 Å². The molecule has 0 saturated carbocycles. The number of halogens is 3. The van der Waals surface area contributed by atoms with Gasteiger partial charge >= 0.3 is 5.97 Å². The van der Waals surface area contributed by atoms with E-state index < -0.39 is 12.4 Å². The second-order valence-electron chi connectivity index (χ2n) is 2.98. The smallest absolute Gasteiger partial charge is 0.311 e. The molecule has 3 nitrogen and oxygen atoms in total. The molecule has 16 heavy (non-hydrogen) atoms. The zero-order chi connectivity index (χ0) is 12.1. The summed E-state index contributed by atoms with van der Waals surface area (Å²) in [5.41, 5.74) is 0.320. The fourth-order valence-corrected chi connectivity index (χ4v) is 1.77. The van der Waals surface area contributed by atoms with Crippen LogP contribution in [0.1, 0.15) is 24.6 Å². The van der Waals surface area contributed by atoms with Gasteiger partial charge in [0.05, 0.1) is 18.7 Å². The summed E-state index contributed by atoms with van der Waals surface area (Å²) in [5.74, 6) is -0.405. The van der Waals surface area contributed by atoms with Gasteiger partial charge < -0.3 is 4.74 Å². The molecule has 0 amide bonds. The van der Waals surface area contributed by atoms with E-state index in [2.05, 4.69) is 4.98 Å². The third-order valence-corrected chi connectivity index (χ3v) is 2.74. The van der Waals surface area contributed by atoms with Crippen LogP contribution >= 0.6 is 22.6 Å². The van der Waals surface area contributed by atoms with Crippen LogP contribution in [0.5, 0.6) is 0 Å². The highest BCUT2D eigenvalue weighted by Gasteiger charge is 2.13. The molecule has 1 aromatic heterocycles. The first-order valence-corrected chi connectivity index (χ1v) is 5.70. The molecular formula is C10H10F2INO2. The zero-order valence-corrected chi connectivity index (χ0v) is 10.7. The van der Waals surface area contributed by atoms with E-state index in [1.165, 1.54) is 6.07 Å². The maximum absolute atomic E-state index is 12.3. The average molecular weight is 341 g/mol. The summed E-state index contributed by atoms with van der Waals surface area (Å²) in [5, 5.41) is 0. The zero-order valence-electron chi connectivity index (χ0n) is 8.54. The molecule has 0 aliphatic rings. The highest BCUT2D eigenvalue weighted by molar-refractivity contribution is 14.1. The number of ether oxygens (including phenoxy) is 1. The molecule has 0 radical (unpaired) electrons. The Morgan fingerprint density at radius 3 is 2.81 bits per heavy atom. The molecule has 1 heterocycles. The maximum atomic E-state index is 12.3. The minimum absolute atomic E-state index is 0.00955. The van der Waals surface area contributed by atoms with E-state index in [0.29, 0.717) is 15.9 Å². The Morgan fingerprint density at radius 1 is 1.62 bits per heavy atom. The van der Waals surface area contributed by atoms with Crippen LogP contribution in [0, 0.1) is 3.57 Å². The van der Waals surface area contributed by atoms with Crippen LogP contribution in [0.25, 0.3) is 0 Å². The Kier molecular flexibility index (Phi) is 5.04. The molecule has 0 aliphatic carbocycles. The van der Waals surface area contributed by atoms with Crippen molar-refractivity contribution in [2.24, 2.45) is 0 Å². The van der Waals surface area contributed by atoms with E-state index in [-0.39, 0.29) is 12.0 Å². The Morgan fingerprint density at radius 2 is 2.31 bits per heavy atom. The summed E-state index contributed by atoms with van der Waals surface area (Å²) in [4.78, 5) is 15.0. The van der Waals surface area contributed by atoms with E-state index in [1.807, 2.05) is 22.6 Å². The number of alkyl halides is 2. The topological polar surface area (TPSA) is 39.2 Å². The molecular weight excluding hydrogens is 331 g/mol. The molecule has 1 rings (SSSR count). The predicted molar refractivity (Wildman–Crippen MR) is 62.2 cm³/mol. The summed E-state index contributed by atoms with van der Waals surface area (Å²) in [6.45, 7) is 2.00. The van der Waals surface area contributed by atoms with Crippen molar-refractivity contribution in [3.05, 3.63) is 27.1 Å². The second-order valence-corrected chi connectivity index (χ2v) is 4.14. The maximum Gasteiger partial charge on any atom is 0.311 e. The lowest BCUT2D eigenvalue weighted by Gasteiger charge is -2.05. The van der Waals surface area contributed by atoms with Crippen LogP contribution < -0.4 is 0 Å². The number of rotatable bonds is 4. The molecule has 1 aromatic rings. The van der Waals surface area contributed by atoms with Crippen molar-refractivity contribution < 1.29 is 18.3 Å². The Balaban J connectivity index is 2.79. The third-order valence-electron chi connectivity index (χ3n) is 1.81. The number of aromatic nitrogens is 1. The molecule has 88 valence electrons. The summed E-state index contributed by atoms with van der Waals surface area (Å²) < 4.78 is 29.9. The van der Waals surface area contributed by atoms with Crippen molar-refractivity contribution >= 4 is 28.6 Å². The van der Waals surface area contributed by atoms with Crippen LogP contribution in [0.15, 0.2) is 12.3 Å². The molecule has 0 aromatic carbocycles. The lowest BCUT2D eigenvalue weighted by atomic mass is 10.2. The number of pyridine rings is 1. The monoisotopic (exact) mass is 341 g/mol. The summed E-state index contributed by atoms with van der Waals surface area (Å²) in [7, 11) is 0. The molecule has 0 saturated heterocycles. The molecule has 0 unspecified atom stereocenters. The normalized spacial score (nSPS) is 10.6. The number of hydrogen-bond acceptors (Lipinski definition) is 3. The first-order valence-electron chi connectivity index (χ1n) is 4.62. The SMILES string of the molecule is CCOC(=O)Cc1ncc(C(F)F)cc1I. The fraction of sp³-hybridized carbons (Fsp3) is 0.400. The van der Waals surface area contributed by atoms with Crippen LogP contribution in [-0.2, 0) is 16.0 Å². The van der Waals surface area contributed by atoms with Crippen molar-refractivity contribution in [2.75, 3.05) is 6.61 Å². The van der Waals surface area contributed by atoms with Gasteiger partial charge in [0.25, 0.3) is 6.43 Å². The lowest BCUT2D eigenvalue weighted by molar-refractivity contribution is -0.142. The molecule has 0 aliphatic heterocycles.